The molecule has 0 spiro atoms. The van der Waals surface area contributed by atoms with Crippen LogP contribution < -0.4 is 5.32 Å². The first-order chi connectivity index (χ1) is 9.72. The Balaban J connectivity index is 1.89. The molecule has 20 heavy (non-hydrogen) atoms. The topological polar surface area (TPSA) is 21.3 Å². The molecule has 1 aliphatic rings. The van der Waals surface area contributed by atoms with Crippen LogP contribution in [0.5, 0.6) is 0 Å². The molecule has 1 aliphatic carbocycles. The number of nitrogens with one attached hydrogen (secondary N) is 1. The van der Waals surface area contributed by atoms with E-state index in [1.54, 1.807) is 0 Å². The van der Waals surface area contributed by atoms with Crippen molar-refractivity contribution in [3.05, 3.63) is 34.3 Å². The third-order valence-corrected chi connectivity index (χ3v) is 4.61. The van der Waals surface area contributed by atoms with E-state index >= 15 is 0 Å². The average Bonchev–Trinajstić information content (AvgIpc) is 2.41. The van der Waals surface area contributed by atoms with Gasteiger partial charge < -0.3 is 10.1 Å². The molecule has 0 aromatic heterocycles. The van der Waals surface area contributed by atoms with E-state index in [-0.39, 0.29) is 0 Å². The summed E-state index contributed by atoms with van der Waals surface area (Å²) < 4.78 is 6.81. The van der Waals surface area contributed by atoms with Crippen LogP contribution in [-0.2, 0) is 4.74 Å². The Kier molecular flexibility index (Phi) is 6.53. The van der Waals surface area contributed by atoms with Crippen LogP contribution in [0.3, 0.4) is 0 Å². The number of halogens is 1. The predicted octanol–water partition coefficient (Wildman–Crippen LogP) is 4.70. The molecule has 1 aromatic carbocycles. The van der Waals surface area contributed by atoms with Crippen molar-refractivity contribution in [3.63, 3.8) is 0 Å². The Morgan fingerprint density at radius 1 is 1.25 bits per heavy atom. The van der Waals surface area contributed by atoms with Crippen molar-refractivity contribution in [2.24, 2.45) is 5.92 Å². The molecule has 1 aromatic rings. The lowest BCUT2D eigenvalue weighted by molar-refractivity contribution is -0.0291. The lowest BCUT2D eigenvalue weighted by Crippen LogP contribution is -2.35. The molecular formula is C17H26BrNO. The monoisotopic (exact) mass is 339 g/mol. The van der Waals surface area contributed by atoms with Crippen molar-refractivity contribution in [2.45, 2.75) is 51.7 Å². The van der Waals surface area contributed by atoms with E-state index in [0.29, 0.717) is 12.1 Å². The maximum Gasteiger partial charge on any atom is 0.0580 e. The summed E-state index contributed by atoms with van der Waals surface area (Å²) in [6.07, 6.45) is 5.38. The summed E-state index contributed by atoms with van der Waals surface area (Å²) in [5, 5.41) is 3.69. The Hall–Kier alpha value is -0.380. The van der Waals surface area contributed by atoms with Crippen LogP contribution in [0, 0.1) is 5.92 Å². The van der Waals surface area contributed by atoms with Gasteiger partial charge in [0.15, 0.2) is 0 Å². The van der Waals surface area contributed by atoms with Gasteiger partial charge >= 0.3 is 0 Å². The first-order valence-electron chi connectivity index (χ1n) is 7.83. The van der Waals surface area contributed by atoms with Gasteiger partial charge in [0, 0.05) is 17.1 Å². The van der Waals surface area contributed by atoms with Gasteiger partial charge in [0.25, 0.3) is 0 Å². The molecule has 2 nitrogen and oxygen atoms in total. The molecule has 112 valence electrons. The van der Waals surface area contributed by atoms with Gasteiger partial charge in [0.1, 0.15) is 0 Å². The standard InChI is InChI=1S/C17H26BrNO/c1-3-9-19-17(14-5-7-15(18)8-6-14)12-13-10-16(11-13)20-4-2/h5-8,13,16-17,19H,3-4,9-12H2,1-2H3. The zero-order chi connectivity index (χ0) is 14.4. The summed E-state index contributed by atoms with van der Waals surface area (Å²) in [6, 6.07) is 9.22. The molecule has 1 saturated carbocycles. The second-order valence-electron chi connectivity index (χ2n) is 5.71. The molecule has 0 amide bonds. The van der Waals surface area contributed by atoms with Crippen molar-refractivity contribution in [1.29, 1.82) is 0 Å². The minimum absolute atomic E-state index is 0.482. The summed E-state index contributed by atoms with van der Waals surface area (Å²) >= 11 is 3.51. The minimum Gasteiger partial charge on any atom is -0.378 e. The van der Waals surface area contributed by atoms with Gasteiger partial charge in [-0.1, -0.05) is 35.0 Å². The molecular weight excluding hydrogens is 314 g/mol. The first kappa shape index (κ1) is 16.0. The predicted molar refractivity (Wildman–Crippen MR) is 87.9 cm³/mol. The van der Waals surface area contributed by atoms with Crippen LogP contribution in [0.25, 0.3) is 0 Å². The maximum absolute atomic E-state index is 5.67. The highest BCUT2D eigenvalue weighted by molar-refractivity contribution is 9.10. The number of benzene rings is 1. The largest absolute Gasteiger partial charge is 0.378 e. The van der Waals surface area contributed by atoms with Gasteiger partial charge in [-0.3, -0.25) is 0 Å². The van der Waals surface area contributed by atoms with Crippen LogP contribution in [0.4, 0.5) is 0 Å². The van der Waals surface area contributed by atoms with Gasteiger partial charge in [-0.05, 0) is 62.8 Å². The van der Waals surface area contributed by atoms with E-state index in [4.69, 9.17) is 4.74 Å². The van der Waals surface area contributed by atoms with Crippen LogP contribution in [0.15, 0.2) is 28.7 Å². The Bertz CT molecular complexity index is 386. The Morgan fingerprint density at radius 2 is 1.95 bits per heavy atom. The number of rotatable bonds is 8. The van der Waals surface area contributed by atoms with Gasteiger partial charge in [0.05, 0.1) is 6.10 Å². The van der Waals surface area contributed by atoms with E-state index in [2.05, 4.69) is 59.4 Å². The molecule has 0 heterocycles. The SMILES string of the molecule is CCCNC(CC1CC(OCC)C1)c1ccc(Br)cc1. The van der Waals surface area contributed by atoms with E-state index in [0.717, 1.165) is 23.5 Å². The van der Waals surface area contributed by atoms with Crippen LogP contribution in [0.1, 0.15) is 51.1 Å². The molecule has 1 unspecified atom stereocenters. The molecule has 0 radical (unpaired) electrons. The Labute approximate surface area is 131 Å². The summed E-state index contributed by atoms with van der Waals surface area (Å²) in [5.74, 6) is 0.810. The lowest BCUT2D eigenvalue weighted by atomic mass is 9.77. The molecule has 1 fully saturated rings. The summed E-state index contributed by atoms with van der Waals surface area (Å²) in [5.41, 5.74) is 1.40. The number of ether oxygens (including phenoxy) is 1. The van der Waals surface area contributed by atoms with Gasteiger partial charge in [-0.25, -0.2) is 0 Å². The van der Waals surface area contributed by atoms with Gasteiger partial charge in [-0.2, -0.15) is 0 Å². The fraction of sp³-hybridized carbons (Fsp3) is 0.647. The van der Waals surface area contributed by atoms with Gasteiger partial charge in [0.2, 0.25) is 0 Å². The highest BCUT2D eigenvalue weighted by Crippen LogP contribution is 2.37. The fourth-order valence-electron chi connectivity index (χ4n) is 2.92. The van der Waals surface area contributed by atoms with Crippen molar-refractivity contribution >= 4 is 15.9 Å². The van der Waals surface area contributed by atoms with E-state index in [9.17, 15) is 0 Å². The molecule has 0 bridgehead atoms. The van der Waals surface area contributed by atoms with Crippen molar-refractivity contribution < 1.29 is 4.74 Å². The second kappa shape index (κ2) is 8.16. The summed E-state index contributed by atoms with van der Waals surface area (Å²) in [6.45, 7) is 6.24. The van der Waals surface area contributed by atoms with Crippen LogP contribution >= 0.6 is 15.9 Å². The van der Waals surface area contributed by atoms with Crippen molar-refractivity contribution in [3.8, 4) is 0 Å². The second-order valence-corrected chi connectivity index (χ2v) is 6.62. The molecule has 2 rings (SSSR count). The van der Waals surface area contributed by atoms with Crippen molar-refractivity contribution in [1.82, 2.24) is 5.32 Å². The number of hydrogen-bond acceptors (Lipinski definition) is 2. The van der Waals surface area contributed by atoms with Crippen molar-refractivity contribution in [2.75, 3.05) is 13.2 Å². The quantitative estimate of drug-likeness (QED) is 0.741. The minimum atomic E-state index is 0.482. The third kappa shape index (κ3) is 4.57. The zero-order valence-corrected chi connectivity index (χ0v) is 14.2. The summed E-state index contributed by atoms with van der Waals surface area (Å²) in [4.78, 5) is 0. The van der Waals surface area contributed by atoms with Gasteiger partial charge in [-0.15, -0.1) is 0 Å². The van der Waals surface area contributed by atoms with Crippen LogP contribution in [0.2, 0.25) is 0 Å². The first-order valence-corrected chi connectivity index (χ1v) is 8.62. The molecule has 0 saturated heterocycles. The lowest BCUT2D eigenvalue weighted by Gasteiger charge is -2.37. The molecule has 1 N–H and O–H groups in total. The number of hydrogen-bond donors (Lipinski definition) is 1. The van der Waals surface area contributed by atoms with Crippen LogP contribution in [-0.4, -0.2) is 19.3 Å². The zero-order valence-electron chi connectivity index (χ0n) is 12.6. The highest BCUT2D eigenvalue weighted by atomic mass is 79.9. The maximum atomic E-state index is 5.67. The molecule has 3 heteroatoms. The smallest absolute Gasteiger partial charge is 0.0580 e. The van der Waals surface area contributed by atoms with E-state index in [1.807, 2.05) is 0 Å². The third-order valence-electron chi connectivity index (χ3n) is 4.08. The summed E-state index contributed by atoms with van der Waals surface area (Å²) in [7, 11) is 0. The normalized spacial score (nSPS) is 23.4. The molecule has 0 aliphatic heterocycles. The highest BCUT2D eigenvalue weighted by Gasteiger charge is 2.31. The molecule has 1 atom stereocenters. The van der Waals surface area contributed by atoms with E-state index in [1.165, 1.54) is 31.2 Å². The average molecular weight is 340 g/mol. The van der Waals surface area contributed by atoms with E-state index < -0.39 is 0 Å². The Morgan fingerprint density at radius 3 is 2.55 bits per heavy atom. The fourth-order valence-corrected chi connectivity index (χ4v) is 3.19.